The summed E-state index contributed by atoms with van der Waals surface area (Å²) in [5.41, 5.74) is 3.33. The summed E-state index contributed by atoms with van der Waals surface area (Å²) in [6.45, 7) is 7.47. The van der Waals surface area contributed by atoms with Crippen LogP contribution in [-0.2, 0) is 19.1 Å². The molecule has 1 heterocycles. The van der Waals surface area contributed by atoms with E-state index in [9.17, 15) is 9.59 Å². The molecule has 0 bridgehead atoms. The van der Waals surface area contributed by atoms with Gasteiger partial charge in [0.05, 0.1) is 19.4 Å². The molecule has 128 valence electrons. The SMILES string of the molecule is CCOC(=O)C(/C=N/n1nnc2c(C)ccc(C)c21)C(=O)OCC. The Hall–Kier alpha value is -2.77. The first-order chi connectivity index (χ1) is 11.5. The molecule has 1 aromatic heterocycles. The predicted octanol–water partition coefficient (Wildman–Crippen LogP) is 1.62. The third-order valence-corrected chi connectivity index (χ3v) is 3.39. The van der Waals surface area contributed by atoms with E-state index in [0.717, 1.165) is 22.2 Å². The lowest BCUT2D eigenvalue weighted by Gasteiger charge is -2.09. The van der Waals surface area contributed by atoms with Crippen molar-refractivity contribution in [2.45, 2.75) is 27.7 Å². The highest BCUT2D eigenvalue weighted by molar-refractivity contribution is 6.09. The lowest BCUT2D eigenvalue weighted by molar-refractivity contribution is -0.157. The zero-order valence-corrected chi connectivity index (χ0v) is 14.1. The van der Waals surface area contributed by atoms with Gasteiger partial charge in [-0.15, -0.1) is 9.89 Å². The molecule has 24 heavy (non-hydrogen) atoms. The molecule has 0 aliphatic heterocycles. The number of ether oxygens (including phenoxy) is 2. The molecule has 0 N–H and O–H groups in total. The molecule has 0 saturated heterocycles. The lowest BCUT2D eigenvalue weighted by Crippen LogP contribution is -2.29. The number of aromatic nitrogens is 3. The first-order valence-corrected chi connectivity index (χ1v) is 7.68. The summed E-state index contributed by atoms with van der Waals surface area (Å²) in [4.78, 5) is 25.2. The summed E-state index contributed by atoms with van der Waals surface area (Å²) in [6, 6.07) is 3.88. The first-order valence-electron chi connectivity index (χ1n) is 7.68. The Morgan fingerprint density at radius 3 is 2.33 bits per heavy atom. The molecule has 0 unspecified atom stereocenters. The van der Waals surface area contributed by atoms with E-state index in [1.165, 1.54) is 11.0 Å². The minimum Gasteiger partial charge on any atom is -0.465 e. The Kier molecular flexibility index (Phi) is 5.62. The molecule has 1 aromatic carbocycles. The molecule has 0 aliphatic carbocycles. The van der Waals surface area contributed by atoms with E-state index in [1.54, 1.807) is 13.8 Å². The number of fused-ring (bicyclic) bond motifs is 1. The van der Waals surface area contributed by atoms with Gasteiger partial charge in [-0.1, -0.05) is 12.1 Å². The van der Waals surface area contributed by atoms with Crippen LogP contribution in [0.3, 0.4) is 0 Å². The van der Waals surface area contributed by atoms with Gasteiger partial charge in [-0.25, -0.2) is 0 Å². The third-order valence-electron chi connectivity index (χ3n) is 3.39. The second-order valence-corrected chi connectivity index (χ2v) is 5.12. The number of benzene rings is 1. The molecule has 0 saturated carbocycles. The van der Waals surface area contributed by atoms with Crippen LogP contribution in [0.25, 0.3) is 11.0 Å². The fourth-order valence-corrected chi connectivity index (χ4v) is 2.18. The van der Waals surface area contributed by atoms with Crippen molar-refractivity contribution in [2.24, 2.45) is 11.0 Å². The van der Waals surface area contributed by atoms with Crippen molar-refractivity contribution in [1.82, 2.24) is 15.1 Å². The fraction of sp³-hybridized carbons (Fsp3) is 0.438. The van der Waals surface area contributed by atoms with Gasteiger partial charge < -0.3 is 9.47 Å². The van der Waals surface area contributed by atoms with Gasteiger partial charge in [0.25, 0.3) is 0 Å². The van der Waals surface area contributed by atoms with Gasteiger partial charge in [-0.3, -0.25) is 9.59 Å². The van der Waals surface area contributed by atoms with Crippen molar-refractivity contribution in [3.05, 3.63) is 23.3 Å². The zero-order chi connectivity index (χ0) is 17.7. The molecule has 0 aliphatic rings. The van der Waals surface area contributed by atoms with E-state index < -0.39 is 17.9 Å². The van der Waals surface area contributed by atoms with E-state index >= 15 is 0 Å². The largest absolute Gasteiger partial charge is 0.465 e. The average Bonchev–Trinajstić information content (AvgIpc) is 2.97. The van der Waals surface area contributed by atoms with Crippen LogP contribution in [0.4, 0.5) is 0 Å². The highest BCUT2D eigenvalue weighted by Crippen LogP contribution is 2.19. The van der Waals surface area contributed by atoms with Crippen LogP contribution in [0, 0.1) is 19.8 Å². The second-order valence-electron chi connectivity index (χ2n) is 5.12. The van der Waals surface area contributed by atoms with Crippen LogP contribution < -0.4 is 0 Å². The lowest BCUT2D eigenvalue weighted by atomic mass is 10.1. The van der Waals surface area contributed by atoms with E-state index in [0.29, 0.717) is 0 Å². The quantitative estimate of drug-likeness (QED) is 0.453. The Bertz CT molecular complexity index is 764. The molecule has 2 rings (SSSR count). The molecule has 0 radical (unpaired) electrons. The maximum absolute atomic E-state index is 11.9. The number of aryl methyl sites for hydroxylation is 2. The van der Waals surface area contributed by atoms with Gasteiger partial charge >= 0.3 is 11.9 Å². The second kappa shape index (κ2) is 7.67. The summed E-state index contributed by atoms with van der Waals surface area (Å²) < 4.78 is 9.79. The molecule has 8 nitrogen and oxygen atoms in total. The zero-order valence-electron chi connectivity index (χ0n) is 14.1. The number of carbonyl (C=O) groups is 2. The van der Waals surface area contributed by atoms with E-state index in [-0.39, 0.29) is 13.2 Å². The van der Waals surface area contributed by atoms with Gasteiger partial charge in [0.2, 0.25) is 0 Å². The fourth-order valence-electron chi connectivity index (χ4n) is 2.18. The summed E-state index contributed by atoms with van der Waals surface area (Å²) >= 11 is 0. The van der Waals surface area contributed by atoms with Crippen molar-refractivity contribution in [3.8, 4) is 0 Å². The van der Waals surface area contributed by atoms with Gasteiger partial charge in [0.15, 0.2) is 5.92 Å². The molecule has 0 atom stereocenters. The van der Waals surface area contributed by atoms with Crippen molar-refractivity contribution in [3.63, 3.8) is 0 Å². The minimum absolute atomic E-state index is 0.160. The smallest absolute Gasteiger partial charge is 0.325 e. The monoisotopic (exact) mass is 332 g/mol. The normalized spacial score (nSPS) is 11.4. The highest BCUT2D eigenvalue weighted by atomic mass is 16.6. The van der Waals surface area contributed by atoms with Crippen molar-refractivity contribution in [2.75, 3.05) is 13.2 Å². The Morgan fingerprint density at radius 1 is 1.17 bits per heavy atom. The van der Waals surface area contributed by atoms with Crippen molar-refractivity contribution < 1.29 is 19.1 Å². The minimum atomic E-state index is -1.24. The average molecular weight is 332 g/mol. The number of esters is 2. The van der Waals surface area contributed by atoms with E-state index in [2.05, 4.69) is 15.4 Å². The number of carbonyl (C=O) groups excluding carboxylic acids is 2. The maximum Gasteiger partial charge on any atom is 0.325 e. The first kappa shape index (κ1) is 17.6. The van der Waals surface area contributed by atoms with Crippen LogP contribution in [0.1, 0.15) is 25.0 Å². The Balaban J connectivity index is 2.37. The van der Waals surface area contributed by atoms with Gasteiger partial charge in [0, 0.05) is 0 Å². The van der Waals surface area contributed by atoms with Crippen molar-refractivity contribution >= 4 is 29.2 Å². The topological polar surface area (TPSA) is 95.7 Å². The van der Waals surface area contributed by atoms with Crippen LogP contribution in [0.5, 0.6) is 0 Å². The molecular weight excluding hydrogens is 312 g/mol. The summed E-state index contributed by atoms with van der Waals surface area (Å²) in [6.07, 6.45) is 1.17. The summed E-state index contributed by atoms with van der Waals surface area (Å²) in [5, 5.41) is 12.2. The molecular formula is C16H20N4O4. The summed E-state index contributed by atoms with van der Waals surface area (Å²) in [7, 11) is 0. The van der Waals surface area contributed by atoms with E-state index in [4.69, 9.17) is 9.47 Å². The number of nitrogens with zero attached hydrogens (tertiary/aromatic N) is 4. The van der Waals surface area contributed by atoms with E-state index in [1.807, 2.05) is 26.0 Å². The maximum atomic E-state index is 11.9. The molecule has 2 aromatic rings. The molecule has 0 spiro atoms. The third kappa shape index (κ3) is 3.58. The Morgan fingerprint density at radius 2 is 1.75 bits per heavy atom. The summed E-state index contributed by atoms with van der Waals surface area (Å²) in [5.74, 6) is -2.66. The van der Waals surface area contributed by atoms with Crippen LogP contribution >= 0.6 is 0 Å². The molecule has 0 fully saturated rings. The van der Waals surface area contributed by atoms with Gasteiger partial charge in [-0.2, -0.15) is 5.10 Å². The van der Waals surface area contributed by atoms with Gasteiger partial charge in [0.1, 0.15) is 11.0 Å². The predicted molar refractivity (Wildman–Crippen MR) is 87.6 cm³/mol. The van der Waals surface area contributed by atoms with Crippen LogP contribution in [0.15, 0.2) is 17.2 Å². The number of rotatable bonds is 6. The van der Waals surface area contributed by atoms with Gasteiger partial charge in [-0.05, 0) is 44.0 Å². The van der Waals surface area contributed by atoms with Crippen LogP contribution in [0.2, 0.25) is 0 Å². The highest BCUT2D eigenvalue weighted by Gasteiger charge is 2.28. The van der Waals surface area contributed by atoms with Crippen molar-refractivity contribution in [1.29, 1.82) is 0 Å². The number of hydrogen-bond donors (Lipinski definition) is 0. The standard InChI is InChI=1S/C16H20N4O4/c1-5-23-15(21)12(16(22)24-6-2)9-17-20-14-11(4)8-7-10(3)13(14)18-19-20/h7-9,12H,5-6H2,1-4H3/b17-9+. The number of hydrogen-bond acceptors (Lipinski definition) is 7. The van der Waals surface area contributed by atoms with Crippen LogP contribution in [-0.4, -0.2) is 46.5 Å². The molecule has 8 heteroatoms. The molecule has 0 amide bonds. The Labute approximate surface area is 139 Å².